The van der Waals surface area contributed by atoms with Crippen molar-refractivity contribution in [3.63, 3.8) is 0 Å². The highest BCUT2D eigenvalue weighted by atomic mass is 32.2. The summed E-state index contributed by atoms with van der Waals surface area (Å²) in [5.74, 6) is -0.244. The first-order chi connectivity index (χ1) is 18.0. The molecule has 3 heterocycles. The molecule has 9 heteroatoms. The molecule has 1 aromatic rings. The van der Waals surface area contributed by atoms with Crippen molar-refractivity contribution in [3.05, 3.63) is 74.8 Å². The molecule has 0 radical (unpaired) electrons. The van der Waals surface area contributed by atoms with Gasteiger partial charge in [-0.15, -0.1) is 0 Å². The summed E-state index contributed by atoms with van der Waals surface area (Å²) in [5.41, 5.74) is 6.73. The topological polar surface area (TPSA) is 103 Å². The monoisotopic (exact) mass is 536 g/mol. The van der Waals surface area contributed by atoms with Crippen LogP contribution in [-0.2, 0) is 14.6 Å². The van der Waals surface area contributed by atoms with E-state index in [1.165, 1.54) is 5.57 Å². The number of amides is 2. The Balaban J connectivity index is 1.42. The Morgan fingerprint density at radius 3 is 2.53 bits per heavy atom. The molecule has 5 rings (SSSR count). The average molecular weight is 537 g/mol. The number of piperazine rings is 1. The van der Waals surface area contributed by atoms with E-state index in [2.05, 4.69) is 29.2 Å². The number of H-pyrrole nitrogens is 1. The number of hydrogen-bond acceptors (Lipinski definition) is 5. The lowest BCUT2D eigenvalue weighted by molar-refractivity contribution is -0.115. The zero-order valence-electron chi connectivity index (χ0n) is 22.6. The number of hydrogen-bond donors (Lipinski definition) is 2. The van der Waals surface area contributed by atoms with Gasteiger partial charge in [-0.1, -0.05) is 35.5 Å². The second-order valence-electron chi connectivity index (χ2n) is 10.9. The molecule has 2 amide bonds. The van der Waals surface area contributed by atoms with Gasteiger partial charge in [-0.25, -0.2) is 8.42 Å². The molecule has 0 bridgehead atoms. The van der Waals surface area contributed by atoms with Crippen LogP contribution in [0.2, 0.25) is 0 Å². The fourth-order valence-electron chi connectivity index (χ4n) is 5.57. The van der Waals surface area contributed by atoms with E-state index in [0.29, 0.717) is 47.6 Å². The smallest absolute Gasteiger partial charge is 0.256 e. The fourth-order valence-corrected chi connectivity index (χ4v) is 7.27. The van der Waals surface area contributed by atoms with Crippen molar-refractivity contribution in [3.8, 4) is 0 Å². The summed E-state index contributed by atoms with van der Waals surface area (Å²) in [6, 6.07) is 0. The number of sulfone groups is 1. The fraction of sp³-hybridized carbons (Fsp3) is 0.448. The van der Waals surface area contributed by atoms with Crippen molar-refractivity contribution in [2.75, 3.05) is 39.0 Å². The third-order valence-corrected chi connectivity index (χ3v) is 10.1. The van der Waals surface area contributed by atoms with Gasteiger partial charge < -0.3 is 20.1 Å². The van der Waals surface area contributed by atoms with E-state index in [4.69, 9.17) is 0 Å². The average Bonchev–Trinajstić information content (AvgIpc) is 3.34. The number of aromatic amines is 1. The number of likely N-dealkylation sites (N-methyl/N-ethyl adjacent to an activating group) is 1. The van der Waals surface area contributed by atoms with Gasteiger partial charge in [0.25, 0.3) is 11.8 Å². The summed E-state index contributed by atoms with van der Waals surface area (Å²) in [4.78, 5) is 33.6. The SMILES string of the molecule is CC1=CC=C(CS(=O)(=O)C2C=C3C(=CC2)NC(=O)/C3=C\c2[nH]c(C)c(C(=O)N3CCN(C)CC3)c2C)CC1. The summed E-state index contributed by atoms with van der Waals surface area (Å²) in [7, 11) is -1.39. The van der Waals surface area contributed by atoms with Crippen LogP contribution in [0.3, 0.4) is 0 Å². The maximum Gasteiger partial charge on any atom is 0.256 e. The molecule has 2 N–H and O–H groups in total. The highest BCUT2D eigenvalue weighted by molar-refractivity contribution is 7.92. The summed E-state index contributed by atoms with van der Waals surface area (Å²) in [5, 5.41) is 2.19. The number of aryl methyl sites for hydroxylation is 1. The standard InChI is InChI=1S/C29H36N4O4S/c1-18-5-7-21(8-6-18)17-38(36,37)22-9-10-25-23(15-22)24(28(34)31-25)16-26-19(2)27(20(3)30-26)29(35)33-13-11-32(4)12-14-33/h5,7,10,15-16,22,30H,6,8-9,11-14,17H2,1-4H3,(H,31,34)/b24-16-. The Hall–Kier alpha value is -3.17. The lowest BCUT2D eigenvalue weighted by Gasteiger charge is -2.32. The Morgan fingerprint density at radius 1 is 1.11 bits per heavy atom. The minimum Gasteiger partial charge on any atom is -0.358 e. The number of allylic oxidation sites excluding steroid dienone is 5. The molecule has 0 aromatic carbocycles. The summed E-state index contributed by atoms with van der Waals surface area (Å²) < 4.78 is 26.6. The minimum atomic E-state index is -3.44. The first-order valence-electron chi connectivity index (χ1n) is 13.2. The molecular formula is C29H36N4O4S. The van der Waals surface area contributed by atoms with E-state index >= 15 is 0 Å². The highest BCUT2D eigenvalue weighted by Gasteiger charge is 2.35. The quantitative estimate of drug-likeness (QED) is 0.563. The normalized spacial score (nSPS) is 23.5. The highest BCUT2D eigenvalue weighted by Crippen LogP contribution is 2.35. The van der Waals surface area contributed by atoms with Crippen LogP contribution in [0.5, 0.6) is 0 Å². The number of nitrogens with one attached hydrogen (secondary N) is 2. The van der Waals surface area contributed by atoms with Crippen LogP contribution in [0.4, 0.5) is 0 Å². The van der Waals surface area contributed by atoms with Crippen LogP contribution in [0.1, 0.15) is 53.5 Å². The van der Waals surface area contributed by atoms with Gasteiger partial charge in [-0.3, -0.25) is 9.59 Å². The maximum absolute atomic E-state index is 13.3. The van der Waals surface area contributed by atoms with Crippen LogP contribution in [0.15, 0.2) is 52.3 Å². The Labute approximate surface area is 224 Å². The maximum atomic E-state index is 13.3. The summed E-state index contributed by atoms with van der Waals surface area (Å²) in [6.45, 7) is 8.86. The third kappa shape index (κ3) is 5.09. The Bertz CT molecular complexity index is 1450. The minimum absolute atomic E-state index is 0.00412. The zero-order valence-corrected chi connectivity index (χ0v) is 23.4. The number of aromatic nitrogens is 1. The molecular weight excluding hydrogens is 500 g/mol. The lowest BCUT2D eigenvalue weighted by Crippen LogP contribution is -2.47. The van der Waals surface area contributed by atoms with Crippen molar-refractivity contribution in [1.29, 1.82) is 0 Å². The number of carbonyl (C=O) groups is 2. The van der Waals surface area contributed by atoms with Crippen LogP contribution >= 0.6 is 0 Å². The van der Waals surface area contributed by atoms with E-state index in [9.17, 15) is 18.0 Å². The predicted molar refractivity (Wildman–Crippen MR) is 149 cm³/mol. The van der Waals surface area contributed by atoms with Gasteiger partial charge in [0.05, 0.1) is 22.1 Å². The molecule has 4 aliphatic rings. The van der Waals surface area contributed by atoms with E-state index in [1.54, 1.807) is 12.2 Å². The molecule has 1 unspecified atom stereocenters. The Morgan fingerprint density at radius 2 is 1.84 bits per heavy atom. The van der Waals surface area contributed by atoms with Gasteiger partial charge in [-0.05, 0) is 58.7 Å². The molecule has 2 saturated heterocycles. The Kier molecular flexibility index (Phi) is 7.09. The molecule has 0 spiro atoms. The van der Waals surface area contributed by atoms with Gasteiger partial charge in [0.2, 0.25) is 0 Å². The van der Waals surface area contributed by atoms with Crippen molar-refractivity contribution < 1.29 is 18.0 Å². The molecule has 1 aromatic heterocycles. The molecule has 8 nitrogen and oxygen atoms in total. The number of rotatable bonds is 5. The van der Waals surface area contributed by atoms with Crippen LogP contribution < -0.4 is 5.32 Å². The molecule has 2 aliphatic heterocycles. The third-order valence-electron chi connectivity index (χ3n) is 8.04. The first-order valence-corrected chi connectivity index (χ1v) is 14.9. The van der Waals surface area contributed by atoms with Crippen molar-refractivity contribution >= 4 is 27.7 Å². The van der Waals surface area contributed by atoms with Crippen LogP contribution in [-0.4, -0.2) is 79.2 Å². The van der Waals surface area contributed by atoms with Gasteiger partial charge in [0, 0.05) is 48.8 Å². The number of carbonyl (C=O) groups excluding carboxylic acids is 2. The van der Waals surface area contributed by atoms with E-state index in [0.717, 1.165) is 42.8 Å². The van der Waals surface area contributed by atoms with Gasteiger partial charge in [0.15, 0.2) is 9.84 Å². The number of nitrogens with zero attached hydrogens (tertiary/aromatic N) is 2. The molecule has 202 valence electrons. The molecule has 0 saturated carbocycles. The van der Waals surface area contributed by atoms with Crippen molar-refractivity contribution in [2.24, 2.45) is 0 Å². The summed E-state index contributed by atoms with van der Waals surface area (Å²) >= 11 is 0. The molecule has 38 heavy (non-hydrogen) atoms. The molecule has 2 fully saturated rings. The second-order valence-corrected chi connectivity index (χ2v) is 13.1. The van der Waals surface area contributed by atoms with E-state index < -0.39 is 15.1 Å². The van der Waals surface area contributed by atoms with Gasteiger partial charge >= 0.3 is 0 Å². The molecule has 1 atom stereocenters. The number of fused-ring (bicyclic) bond motifs is 1. The van der Waals surface area contributed by atoms with Crippen molar-refractivity contribution in [2.45, 2.75) is 45.3 Å². The van der Waals surface area contributed by atoms with Gasteiger partial charge in [0.1, 0.15) is 0 Å². The van der Waals surface area contributed by atoms with E-state index in [1.807, 2.05) is 37.0 Å². The first kappa shape index (κ1) is 26.4. The lowest BCUT2D eigenvalue weighted by atomic mass is 9.98. The van der Waals surface area contributed by atoms with E-state index in [-0.39, 0.29) is 17.6 Å². The van der Waals surface area contributed by atoms with Crippen LogP contribution in [0.25, 0.3) is 6.08 Å². The van der Waals surface area contributed by atoms with Gasteiger partial charge in [-0.2, -0.15) is 0 Å². The summed E-state index contributed by atoms with van der Waals surface area (Å²) in [6.07, 6.45) is 11.2. The second kappa shape index (κ2) is 10.2. The van der Waals surface area contributed by atoms with Crippen molar-refractivity contribution in [1.82, 2.24) is 20.1 Å². The predicted octanol–water partition coefficient (Wildman–Crippen LogP) is 3.20. The van der Waals surface area contributed by atoms with Crippen LogP contribution in [0, 0.1) is 13.8 Å². The zero-order chi connectivity index (χ0) is 27.2. The molecule has 2 aliphatic carbocycles. The largest absolute Gasteiger partial charge is 0.358 e.